The first-order chi connectivity index (χ1) is 6.42. The molecule has 2 N–H and O–H groups in total. The number of halogens is 2. The number of nitrogens with zero attached hydrogens (tertiary/aromatic N) is 1. The Morgan fingerprint density at radius 2 is 2.29 bits per heavy atom. The largest absolute Gasteiger partial charge is 0.388 e. The molecule has 6 heteroatoms. The zero-order valence-electron chi connectivity index (χ0n) is 6.94. The average Bonchev–Trinajstić information content (AvgIpc) is 2.12. The normalized spacial score (nSPS) is 37.6. The minimum atomic E-state index is -1.67. The minimum absolute atomic E-state index is 0.169. The van der Waals surface area contributed by atoms with Crippen LogP contribution in [0.25, 0.3) is 0 Å². The maximum absolute atomic E-state index is 11.3. The molecule has 0 amide bonds. The van der Waals surface area contributed by atoms with Gasteiger partial charge in [-0.05, 0) is 22.0 Å². The number of allylic oxidation sites excluding steroid dienone is 1. The van der Waals surface area contributed by atoms with Gasteiger partial charge in [0, 0.05) is 0 Å². The van der Waals surface area contributed by atoms with Crippen LogP contribution in [0.1, 0.15) is 6.42 Å². The lowest BCUT2D eigenvalue weighted by atomic mass is 9.85. The van der Waals surface area contributed by atoms with E-state index in [-0.39, 0.29) is 16.7 Å². The molecule has 0 aromatic heterocycles. The molecule has 4 nitrogen and oxygen atoms in total. The third kappa shape index (κ3) is 1.91. The summed E-state index contributed by atoms with van der Waals surface area (Å²) in [4.78, 5) is 10.4. The van der Waals surface area contributed by atoms with Crippen molar-refractivity contribution in [2.75, 3.05) is 0 Å². The van der Waals surface area contributed by atoms with Gasteiger partial charge in [0.15, 0.2) is 5.78 Å². The number of carbonyl (C=O) groups is 1. The van der Waals surface area contributed by atoms with Crippen LogP contribution in [0.5, 0.6) is 0 Å². The van der Waals surface area contributed by atoms with Gasteiger partial charge in [0.1, 0.15) is 16.5 Å². The number of hydrogen-bond acceptors (Lipinski definition) is 4. The van der Waals surface area contributed by atoms with Crippen LogP contribution in [-0.4, -0.2) is 32.5 Å². The van der Waals surface area contributed by atoms with Crippen LogP contribution in [0.3, 0.4) is 0 Å². The predicted molar refractivity (Wildman–Crippen MR) is 55.9 cm³/mol. The van der Waals surface area contributed by atoms with Gasteiger partial charge >= 0.3 is 0 Å². The van der Waals surface area contributed by atoms with Crippen LogP contribution in [-0.2, 0) is 4.79 Å². The summed E-state index contributed by atoms with van der Waals surface area (Å²) < 4.78 is 0.169. The van der Waals surface area contributed by atoms with Crippen molar-refractivity contribution in [2.45, 2.75) is 23.0 Å². The number of aliphatic hydroxyl groups excluding tert-OH is 1. The summed E-state index contributed by atoms with van der Waals surface area (Å²) >= 11 is 5.93. The van der Waals surface area contributed by atoms with Crippen LogP contribution < -0.4 is 0 Å². The fourth-order valence-corrected chi connectivity index (χ4v) is 2.84. The van der Waals surface area contributed by atoms with Crippen molar-refractivity contribution >= 4 is 37.6 Å². The number of alkyl halides is 1. The number of ketones is 1. The van der Waals surface area contributed by atoms with Gasteiger partial charge in [0.25, 0.3) is 0 Å². The Labute approximate surface area is 97.5 Å². The number of carbonyl (C=O) groups excluding carboxylic acids is 1. The molecule has 1 rings (SSSR count). The summed E-state index contributed by atoms with van der Waals surface area (Å²) in [5, 5.41) is 27.9. The zero-order valence-corrected chi connectivity index (χ0v) is 10.1. The van der Waals surface area contributed by atoms with Gasteiger partial charge in [-0.1, -0.05) is 15.9 Å². The highest BCUT2D eigenvalue weighted by Crippen LogP contribution is 2.33. The van der Waals surface area contributed by atoms with Crippen molar-refractivity contribution in [3.63, 3.8) is 0 Å². The Kier molecular flexibility index (Phi) is 3.48. The van der Waals surface area contributed by atoms with Crippen molar-refractivity contribution in [1.82, 2.24) is 0 Å². The fourth-order valence-electron chi connectivity index (χ4n) is 1.19. The van der Waals surface area contributed by atoms with Gasteiger partial charge in [-0.2, -0.15) is 5.26 Å². The molecule has 0 fully saturated rings. The molecule has 0 aromatic carbocycles. The molecular formula is C8H7Br2NO3. The van der Waals surface area contributed by atoms with Crippen molar-refractivity contribution in [1.29, 1.82) is 5.26 Å². The Hall–Kier alpha value is -0.220. The van der Waals surface area contributed by atoms with E-state index in [4.69, 9.17) is 5.26 Å². The van der Waals surface area contributed by atoms with Gasteiger partial charge < -0.3 is 10.2 Å². The minimum Gasteiger partial charge on any atom is -0.388 e. The van der Waals surface area contributed by atoms with E-state index in [0.29, 0.717) is 0 Å². The van der Waals surface area contributed by atoms with E-state index in [2.05, 4.69) is 31.9 Å². The van der Waals surface area contributed by atoms with E-state index in [1.807, 2.05) is 0 Å². The van der Waals surface area contributed by atoms with E-state index in [1.54, 1.807) is 6.07 Å². The monoisotopic (exact) mass is 323 g/mol. The molecule has 0 spiro atoms. The Morgan fingerprint density at radius 1 is 1.71 bits per heavy atom. The molecule has 0 radical (unpaired) electrons. The molecule has 1 aliphatic rings. The first-order valence-electron chi connectivity index (χ1n) is 3.76. The summed E-state index contributed by atoms with van der Waals surface area (Å²) in [5.41, 5.74) is -1.67. The van der Waals surface area contributed by atoms with Crippen molar-refractivity contribution in [3.8, 4) is 6.07 Å². The summed E-state index contributed by atoms with van der Waals surface area (Å²) in [6.07, 6.45) is -0.407. The van der Waals surface area contributed by atoms with Crippen molar-refractivity contribution < 1.29 is 15.0 Å². The van der Waals surface area contributed by atoms with E-state index < -0.39 is 16.5 Å². The quantitative estimate of drug-likeness (QED) is 0.693. The van der Waals surface area contributed by atoms with Crippen LogP contribution in [0.15, 0.2) is 10.6 Å². The molecule has 0 unspecified atom stereocenters. The molecule has 1 aliphatic carbocycles. The average molecular weight is 325 g/mol. The highest BCUT2D eigenvalue weighted by atomic mass is 79.9. The standard InChI is InChI=1S/C8H7Br2NO3/c9-4-3-8(14,1-2-11)7(13)5(10)6(4)12/h3,5,7,13-14H,1H2/t5-,7+,8+/m1/s1. The number of nitriles is 1. The van der Waals surface area contributed by atoms with E-state index in [0.717, 1.165) is 0 Å². The van der Waals surface area contributed by atoms with Gasteiger partial charge in [-0.3, -0.25) is 4.79 Å². The molecule has 0 saturated heterocycles. The molecule has 0 aliphatic heterocycles. The van der Waals surface area contributed by atoms with Gasteiger partial charge in [0.05, 0.1) is 17.0 Å². The maximum atomic E-state index is 11.3. The van der Waals surface area contributed by atoms with Crippen molar-refractivity contribution in [3.05, 3.63) is 10.6 Å². The highest BCUT2D eigenvalue weighted by Gasteiger charge is 2.45. The second-order valence-electron chi connectivity index (χ2n) is 3.03. The second-order valence-corrected chi connectivity index (χ2v) is 4.87. The van der Waals surface area contributed by atoms with Gasteiger partial charge in [-0.15, -0.1) is 0 Å². The van der Waals surface area contributed by atoms with Crippen molar-refractivity contribution in [2.24, 2.45) is 0 Å². The first kappa shape index (κ1) is 11.9. The molecule has 76 valence electrons. The molecule has 0 saturated carbocycles. The highest BCUT2D eigenvalue weighted by molar-refractivity contribution is 9.12. The molecule has 14 heavy (non-hydrogen) atoms. The lowest BCUT2D eigenvalue weighted by Gasteiger charge is -2.34. The lowest BCUT2D eigenvalue weighted by molar-refractivity contribution is -0.121. The van der Waals surface area contributed by atoms with Crippen LogP contribution in [0.2, 0.25) is 0 Å². The Morgan fingerprint density at radius 3 is 2.79 bits per heavy atom. The zero-order chi connectivity index (χ0) is 10.9. The Balaban J connectivity index is 3.11. The first-order valence-corrected chi connectivity index (χ1v) is 5.47. The van der Waals surface area contributed by atoms with Gasteiger partial charge in [-0.25, -0.2) is 0 Å². The fraction of sp³-hybridized carbons (Fsp3) is 0.500. The van der Waals surface area contributed by atoms with Gasteiger partial charge in [0.2, 0.25) is 0 Å². The predicted octanol–water partition coefficient (Wildman–Crippen LogP) is 0.617. The molecule has 3 atom stereocenters. The van der Waals surface area contributed by atoms with Crippen LogP contribution in [0.4, 0.5) is 0 Å². The summed E-state index contributed by atoms with van der Waals surface area (Å²) in [6, 6.07) is 1.76. The number of Topliss-reactive ketones (excluding diaryl/α,β-unsaturated/α-hetero) is 1. The maximum Gasteiger partial charge on any atom is 0.185 e. The summed E-state index contributed by atoms with van der Waals surface area (Å²) in [6.45, 7) is 0. The Bertz CT molecular complexity index is 336. The van der Waals surface area contributed by atoms with Crippen LogP contribution >= 0.6 is 31.9 Å². The van der Waals surface area contributed by atoms with E-state index in [1.165, 1.54) is 6.08 Å². The number of hydrogen-bond donors (Lipinski definition) is 2. The second kappa shape index (κ2) is 4.11. The summed E-state index contributed by atoms with van der Waals surface area (Å²) in [5.74, 6) is -0.347. The lowest BCUT2D eigenvalue weighted by Crippen LogP contribution is -2.51. The third-order valence-corrected chi connectivity index (χ3v) is 3.55. The molecule has 0 heterocycles. The summed E-state index contributed by atoms with van der Waals surface area (Å²) in [7, 11) is 0. The number of rotatable bonds is 1. The SMILES string of the molecule is N#CC[C@]1(O)C=C(Br)C(=O)[C@@H](Br)[C@@H]1O. The molecule has 0 aromatic rings. The topological polar surface area (TPSA) is 81.3 Å². The van der Waals surface area contributed by atoms with E-state index in [9.17, 15) is 15.0 Å². The molecule has 0 bridgehead atoms. The molecular weight excluding hydrogens is 318 g/mol. The third-order valence-electron chi connectivity index (χ3n) is 2.01. The smallest absolute Gasteiger partial charge is 0.185 e. The number of aliphatic hydroxyl groups is 2. The van der Waals surface area contributed by atoms with Crippen LogP contribution in [0, 0.1) is 11.3 Å². The van der Waals surface area contributed by atoms with E-state index >= 15 is 0 Å².